The number of carbonyl (C=O) groups excluding carboxylic acids is 3. The summed E-state index contributed by atoms with van der Waals surface area (Å²) in [6.07, 6.45) is 2.51. The minimum atomic E-state index is -0.991. The zero-order valence-corrected chi connectivity index (χ0v) is 35.0. The second-order valence-electron chi connectivity index (χ2n) is 15.2. The molecule has 0 aliphatic rings. The Labute approximate surface area is 340 Å². The molecule has 1 atom stereocenters. The lowest BCUT2D eigenvalue weighted by molar-refractivity contribution is -0.385. The molecular formula is C45H53ClN2O9. The molecular weight excluding hydrogens is 748 g/mol. The molecule has 304 valence electrons. The van der Waals surface area contributed by atoms with Crippen LogP contribution in [0.25, 0.3) is 0 Å². The minimum Gasteiger partial charge on any atom is -0.480 e. The molecule has 0 aliphatic heterocycles. The SMILES string of the molecule is CCCCOC(=O)c1ccc(Oc2cc(NC(=O)C(CC)Oc3ccc(C(C)(C)CC)cc3C(C)(C)CC)c(OC(=O)c3ccccc3)c(Cl)c2C)c([N+](=O)[O-])c1. The highest BCUT2D eigenvalue weighted by Gasteiger charge is 2.31. The van der Waals surface area contributed by atoms with Gasteiger partial charge in [-0.3, -0.25) is 14.9 Å². The lowest BCUT2D eigenvalue weighted by Gasteiger charge is -2.31. The van der Waals surface area contributed by atoms with Crippen molar-refractivity contribution in [1.29, 1.82) is 0 Å². The summed E-state index contributed by atoms with van der Waals surface area (Å²) in [4.78, 5) is 51.6. The number of carbonyl (C=O) groups is 3. The summed E-state index contributed by atoms with van der Waals surface area (Å²) < 4.78 is 23.6. The maximum atomic E-state index is 14.2. The summed E-state index contributed by atoms with van der Waals surface area (Å²) in [7, 11) is 0. The van der Waals surface area contributed by atoms with Gasteiger partial charge in [0, 0.05) is 23.3 Å². The summed E-state index contributed by atoms with van der Waals surface area (Å²) in [5.74, 6) is -1.76. The number of nitro benzene ring substituents is 1. The van der Waals surface area contributed by atoms with Crippen molar-refractivity contribution in [2.24, 2.45) is 0 Å². The van der Waals surface area contributed by atoms with E-state index in [1.165, 1.54) is 23.8 Å². The van der Waals surface area contributed by atoms with Gasteiger partial charge < -0.3 is 24.3 Å². The number of halogens is 1. The van der Waals surface area contributed by atoms with Crippen molar-refractivity contribution in [2.45, 2.75) is 111 Å². The zero-order valence-electron chi connectivity index (χ0n) is 34.2. The van der Waals surface area contributed by atoms with E-state index in [9.17, 15) is 24.5 Å². The topological polar surface area (TPSA) is 143 Å². The Morgan fingerprint density at radius 2 is 1.49 bits per heavy atom. The second-order valence-corrected chi connectivity index (χ2v) is 15.5. The number of unbranched alkanes of at least 4 members (excludes halogenated alkanes) is 1. The molecule has 1 amide bonds. The maximum absolute atomic E-state index is 14.2. The van der Waals surface area contributed by atoms with Gasteiger partial charge in [-0.15, -0.1) is 0 Å². The fourth-order valence-electron chi connectivity index (χ4n) is 5.78. The number of anilines is 1. The molecule has 1 unspecified atom stereocenters. The Hall–Kier alpha value is -5.42. The van der Waals surface area contributed by atoms with Gasteiger partial charge in [0.25, 0.3) is 5.91 Å². The van der Waals surface area contributed by atoms with E-state index in [0.717, 1.165) is 30.9 Å². The molecule has 4 aromatic carbocycles. The standard InChI is InChI=1S/C45H53ClN2O9/c1-10-14-24-54-42(50)30-20-22-37(34(25-30)48(52)53)56-38-27-33(40(39(46)28(38)5)57-43(51)29-18-16-15-17-19-29)47-41(49)35(11-2)55-36-23-21-31(44(6,7)12-3)26-32(36)45(8,9)13-4/h15-23,25-27,35H,10-14,24H2,1-9H3,(H,47,49). The van der Waals surface area contributed by atoms with Crippen LogP contribution >= 0.6 is 11.6 Å². The first-order valence-electron chi connectivity index (χ1n) is 19.3. The lowest BCUT2D eigenvalue weighted by atomic mass is 9.76. The van der Waals surface area contributed by atoms with E-state index >= 15 is 0 Å². The third-order valence-electron chi connectivity index (χ3n) is 10.4. The van der Waals surface area contributed by atoms with Crippen molar-refractivity contribution < 1.29 is 38.3 Å². The molecule has 0 bridgehead atoms. The number of ether oxygens (including phenoxy) is 4. The maximum Gasteiger partial charge on any atom is 0.343 e. The summed E-state index contributed by atoms with van der Waals surface area (Å²) in [5.41, 5.74) is 1.74. The van der Waals surface area contributed by atoms with Crippen LogP contribution in [0, 0.1) is 17.0 Å². The quantitative estimate of drug-likeness (QED) is 0.0342. The first kappa shape index (κ1) is 44.3. The molecule has 0 saturated carbocycles. The van der Waals surface area contributed by atoms with E-state index in [1.54, 1.807) is 37.3 Å². The average Bonchev–Trinajstić information content (AvgIpc) is 3.20. The molecule has 0 saturated heterocycles. The molecule has 0 aliphatic carbocycles. The highest BCUT2D eigenvalue weighted by molar-refractivity contribution is 6.34. The van der Waals surface area contributed by atoms with Crippen LogP contribution in [0.3, 0.4) is 0 Å². The van der Waals surface area contributed by atoms with Crippen LogP contribution in [0.2, 0.25) is 5.02 Å². The minimum absolute atomic E-state index is 0.0177. The molecule has 4 rings (SSSR count). The Morgan fingerprint density at radius 3 is 2.11 bits per heavy atom. The first-order valence-corrected chi connectivity index (χ1v) is 19.7. The highest BCUT2D eigenvalue weighted by atomic mass is 35.5. The molecule has 1 N–H and O–H groups in total. The van der Waals surface area contributed by atoms with Crippen LogP contribution in [0.5, 0.6) is 23.0 Å². The fraction of sp³-hybridized carbons (Fsp3) is 0.400. The van der Waals surface area contributed by atoms with Gasteiger partial charge in [-0.05, 0) is 79.3 Å². The van der Waals surface area contributed by atoms with Crippen LogP contribution in [0.15, 0.2) is 72.8 Å². The first-order chi connectivity index (χ1) is 27.0. The molecule has 0 spiro atoms. The van der Waals surface area contributed by atoms with Gasteiger partial charge in [0.05, 0.1) is 33.4 Å². The molecule has 0 radical (unpaired) electrons. The molecule has 0 fully saturated rings. The number of nitrogens with one attached hydrogen (secondary N) is 1. The number of rotatable bonds is 18. The van der Waals surface area contributed by atoms with Crippen molar-refractivity contribution in [1.82, 2.24) is 0 Å². The van der Waals surface area contributed by atoms with Gasteiger partial charge >= 0.3 is 17.6 Å². The normalized spacial score (nSPS) is 12.0. The van der Waals surface area contributed by atoms with Crippen molar-refractivity contribution in [2.75, 3.05) is 11.9 Å². The summed E-state index contributed by atoms with van der Waals surface area (Å²) in [5, 5.41) is 14.9. The number of nitro groups is 1. The predicted molar refractivity (Wildman–Crippen MR) is 222 cm³/mol. The largest absolute Gasteiger partial charge is 0.480 e. The highest BCUT2D eigenvalue weighted by Crippen LogP contribution is 2.45. The number of hydrogen-bond acceptors (Lipinski definition) is 9. The summed E-state index contributed by atoms with van der Waals surface area (Å²) in [6.45, 7) is 18.4. The Bertz CT molecular complexity index is 2100. The van der Waals surface area contributed by atoms with Crippen molar-refractivity contribution in [3.05, 3.63) is 116 Å². The average molecular weight is 801 g/mol. The van der Waals surface area contributed by atoms with Crippen LogP contribution < -0.4 is 19.5 Å². The van der Waals surface area contributed by atoms with Crippen LogP contribution in [-0.2, 0) is 20.4 Å². The van der Waals surface area contributed by atoms with Crippen molar-refractivity contribution in [3.63, 3.8) is 0 Å². The van der Waals surface area contributed by atoms with E-state index in [4.69, 9.17) is 30.5 Å². The van der Waals surface area contributed by atoms with Crippen molar-refractivity contribution in [3.8, 4) is 23.0 Å². The van der Waals surface area contributed by atoms with Gasteiger partial charge in [-0.2, -0.15) is 0 Å². The zero-order chi connectivity index (χ0) is 42.1. The van der Waals surface area contributed by atoms with Gasteiger partial charge in [-0.1, -0.05) is 104 Å². The van der Waals surface area contributed by atoms with Crippen LogP contribution in [0.4, 0.5) is 11.4 Å². The second kappa shape index (κ2) is 19.1. The van der Waals surface area contributed by atoms with Gasteiger partial charge in [0.2, 0.25) is 5.75 Å². The Morgan fingerprint density at radius 1 is 0.825 bits per heavy atom. The van der Waals surface area contributed by atoms with Crippen LogP contribution in [-0.4, -0.2) is 35.5 Å². The Balaban J connectivity index is 1.76. The number of esters is 2. The summed E-state index contributed by atoms with van der Waals surface area (Å²) in [6, 6.07) is 19.5. The van der Waals surface area contributed by atoms with Gasteiger partial charge in [-0.25, -0.2) is 9.59 Å². The third kappa shape index (κ3) is 10.7. The van der Waals surface area contributed by atoms with E-state index in [0.29, 0.717) is 12.2 Å². The monoisotopic (exact) mass is 800 g/mol. The molecule has 4 aromatic rings. The van der Waals surface area contributed by atoms with Gasteiger partial charge in [0.15, 0.2) is 11.9 Å². The number of nitrogens with zero attached hydrogens (tertiary/aromatic N) is 1. The third-order valence-corrected chi connectivity index (χ3v) is 10.9. The Kier molecular flexibility index (Phi) is 14.9. The van der Waals surface area contributed by atoms with E-state index in [2.05, 4.69) is 52.9 Å². The lowest BCUT2D eigenvalue weighted by Crippen LogP contribution is -2.33. The predicted octanol–water partition coefficient (Wildman–Crippen LogP) is 11.7. The number of amides is 1. The van der Waals surface area contributed by atoms with Crippen LogP contribution in [0.1, 0.15) is 125 Å². The van der Waals surface area contributed by atoms with E-state index in [-0.39, 0.29) is 68.5 Å². The van der Waals surface area contributed by atoms with E-state index in [1.807, 2.05) is 26.0 Å². The fourth-order valence-corrected chi connectivity index (χ4v) is 6.01. The molecule has 0 aromatic heterocycles. The molecule has 11 nitrogen and oxygen atoms in total. The smallest absolute Gasteiger partial charge is 0.343 e. The van der Waals surface area contributed by atoms with E-state index < -0.39 is 34.6 Å². The summed E-state index contributed by atoms with van der Waals surface area (Å²) >= 11 is 6.87. The number of hydrogen-bond donors (Lipinski definition) is 1. The van der Waals surface area contributed by atoms with Gasteiger partial charge in [0.1, 0.15) is 11.5 Å². The van der Waals surface area contributed by atoms with Crippen molar-refractivity contribution >= 4 is 40.8 Å². The molecule has 57 heavy (non-hydrogen) atoms. The number of benzene rings is 4. The molecule has 0 heterocycles. The molecule has 12 heteroatoms.